The van der Waals surface area contributed by atoms with Crippen LogP contribution in [0.3, 0.4) is 0 Å². The van der Waals surface area contributed by atoms with Gasteiger partial charge in [0.15, 0.2) is 0 Å². The highest BCUT2D eigenvalue weighted by molar-refractivity contribution is 6.30. The zero-order valence-electron chi connectivity index (χ0n) is 16.1. The van der Waals surface area contributed by atoms with Gasteiger partial charge in [0, 0.05) is 47.1 Å². The summed E-state index contributed by atoms with van der Waals surface area (Å²) in [6, 6.07) is 9.26. The minimum Gasteiger partial charge on any atom is -0.481 e. The molecule has 3 heterocycles. The molecule has 0 aliphatic rings. The molecule has 0 N–H and O–H groups in total. The second kappa shape index (κ2) is 8.03. The maximum Gasteiger partial charge on any atom is 0.267 e. The van der Waals surface area contributed by atoms with E-state index in [0.717, 1.165) is 5.56 Å². The van der Waals surface area contributed by atoms with Gasteiger partial charge >= 0.3 is 0 Å². The van der Waals surface area contributed by atoms with E-state index in [9.17, 15) is 9.18 Å². The molecule has 0 radical (unpaired) electrons. The Balaban J connectivity index is 1.67. The number of nitrogens with zero attached hydrogens (tertiary/aromatic N) is 6. The zero-order chi connectivity index (χ0) is 21.3. The number of hydrogen-bond donors (Lipinski definition) is 0. The number of pyridine rings is 1. The SMILES string of the molecule is COc1ccc(-c2cnn(Cc3c(-c4ccc(Cl)cc4F)nnn3C)c(=O)c2)cn1. The van der Waals surface area contributed by atoms with Gasteiger partial charge in [-0.25, -0.2) is 18.7 Å². The van der Waals surface area contributed by atoms with Crippen LogP contribution in [0.1, 0.15) is 5.69 Å². The number of benzene rings is 1. The molecule has 0 fully saturated rings. The molecule has 30 heavy (non-hydrogen) atoms. The van der Waals surface area contributed by atoms with Gasteiger partial charge in [-0.1, -0.05) is 16.8 Å². The highest BCUT2D eigenvalue weighted by atomic mass is 35.5. The van der Waals surface area contributed by atoms with Gasteiger partial charge in [-0.2, -0.15) is 5.10 Å². The standard InChI is InChI=1S/C20H16ClFN6O2/c1-27-17(20(25-26-27)15-5-4-14(21)8-16(15)22)11-28-19(29)7-13(10-24-28)12-3-6-18(30-2)23-9-12/h3-10H,11H2,1-2H3. The molecular weight excluding hydrogens is 411 g/mol. The van der Waals surface area contributed by atoms with Crippen molar-refractivity contribution in [2.75, 3.05) is 7.11 Å². The number of hydrogen-bond acceptors (Lipinski definition) is 6. The fraction of sp³-hybridized carbons (Fsp3) is 0.150. The predicted molar refractivity (Wildman–Crippen MR) is 109 cm³/mol. The molecule has 0 amide bonds. The van der Waals surface area contributed by atoms with Gasteiger partial charge in [0.05, 0.1) is 25.5 Å². The van der Waals surface area contributed by atoms with E-state index in [1.165, 1.54) is 34.7 Å². The predicted octanol–water partition coefficient (Wildman–Crippen LogP) is 2.95. The number of aryl methyl sites for hydroxylation is 1. The van der Waals surface area contributed by atoms with Crippen molar-refractivity contribution in [1.82, 2.24) is 29.8 Å². The first kappa shape index (κ1) is 19.7. The molecule has 0 saturated carbocycles. The Morgan fingerprint density at radius 1 is 1.13 bits per heavy atom. The summed E-state index contributed by atoms with van der Waals surface area (Å²) in [5.74, 6) is -0.0439. The first-order valence-electron chi connectivity index (χ1n) is 8.88. The smallest absolute Gasteiger partial charge is 0.267 e. The van der Waals surface area contributed by atoms with Gasteiger partial charge in [-0.05, 0) is 24.3 Å². The zero-order valence-corrected chi connectivity index (χ0v) is 16.8. The first-order chi connectivity index (χ1) is 14.5. The Morgan fingerprint density at radius 3 is 2.63 bits per heavy atom. The third-order valence-corrected chi connectivity index (χ3v) is 4.81. The van der Waals surface area contributed by atoms with Gasteiger partial charge in [-0.3, -0.25) is 4.79 Å². The number of aromatic nitrogens is 6. The largest absolute Gasteiger partial charge is 0.481 e. The molecule has 0 aliphatic heterocycles. The van der Waals surface area contributed by atoms with Gasteiger partial charge in [0.25, 0.3) is 5.56 Å². The highest BCUT2D eigenvalue weighted by Crippen LogP contribution is 2.26. The average molecular weight is 427 g/mol. The molecular formula is C20H16ClFN6O2. The molecule has 0 unspecified atom stereocenters. The van der Waals surface area contributed by atoms with Crippen molar-refractivity contribution >= 4 is 11.6 Å². The normalized spacial score (nSPS) is 10.9. The lowest BCUT2D eigenvalue weighted by molar-refractivity contribution is 0.398. The number of halogens is 2. The van der Waals surface area contributed by atoms with Crippen LogP contribution < -0.4 is 10.3 Å². The first-order valence-corrected chi connectivity index (χ1v) is 9.25. The number of ether oxygens (including phenoxy) is 1. The molecule has 0 saturated heterocycles. The fourth-order valence-corrected chi connectivity index (χ4v) is 3.13. The molecule has 3 aromatic heterocycles. The monoisotopic (exact) mass is 426 g/mol. The van der Waals surface area contributed by atoms with Crippen LogP contribution in [0.25, 0.3) is 22.4 Å². The molecule has 8 nitrogen and oxygen atoms in total. The quantitative estimate of drug-likeness (QED) is 0.487. The van der Waals surface area contributed by atoms with Gasteiger partial charge < -0.3 is 4.74 Å². The third-order valence-electron chi connectivity index (χ3n) is 4.58. The topological polar surface area (TPSA) is 87.7 Å². The Morgan fingerprint density at radius 2 is 1.97 bits per heavy atom. The summed E-state index contributed by atoms with van der Waals surface area (Å²) in [7, 11) is 3.20. The van der Waals surface area contributed by atoms with E-state index >= 15 is 0 Å². The van der Waals surface area contributed by atoms with Gasteiger partial charge in [0.2, 0.25) is 5.88 Å². The second-order valence-corrected chi connectivity index (χ2v) is 6.90. The van der Waals surface area contributed by atoms with Crippen molar-refractivity contribution in [3.05, 3.63) is 75.7 Å². The van der Waals surface area contributed by atoms with E-state index in [0.29, 0.717) is 22.8 Å². The van der Waals surface area contributed by atoms with Crippen LogP contribution in [-0.4, -0.2) is 36.9 Å². The third kappa shape index (κ3) is 3.79. The van der Waals surface area contributed by atoms with Crippen molar-refractivity contribution < 1.29 is 9.13 Å². The Hall–Kier alpha value is -3.59. The summed E-state index contributed by atoms with van der Waals surface area (Å²) < 4.78 is 22.2. The molecule has 4 aromatic rings. The number of rotatable bonds is 5. The Kier molecular flexibility index (Phi) is 5.28. The van der Waals surface area contributed by atoms with Crippen LogP contribution in [-0.2, 0) is 13.6 Å². The van der Waals surface area contributed by atoms with Crippen molar-refractivity contribution in [1.29, 1.82) is 0 Å². The Bertz CT molecular complexity index is 1270. The molecule has 0 aliphatic carbocycles. The lowest BCUT2D eigenvalue weighted by Gasteiger charge is -2.09. The summed E-state index contributed by atoms with van der Waals surface area (Å²) in [5, 5.41) is 12.5. The van der Waals surface area contributed by atoms with E-state index in [1.807, 2.05) is 0 Å². The van der Waals surface area contributed by atoms with Crippen LogP contribution >= 0.6 is 11.6 Å². The summed E-state index contributed by atoms with van der Waals surface area (Å²) >= 11 is 5.83. The summed E-state index contributed by atoms with van der Waals surface area (Å²) in [6.07, 6.45) is 3.17. The molecule has 152 valence electrons. The van der Waals surface area contributed by atoms with Crippen molar-refractivity contribution in [2.24, 2.45) is 7.05 Å². The minimum absolute atomic E-state index is 0.0703. The van der Waals surface area contributed by atoms with Crippen LogP contribution in [0.2, 0.25) is 5.02 Å². The lowest BCUT2D eigenvalue weighted by Crippen LogP contribution is -2.24. The van der Waals surface area contributed by atoms with Gasteiger partial charge in [-0.15, -0.1) is 5.10 Å². The average Bonchev–Trinajstić information content (AvgIpc) is 3.09. The van der Waals surface area contributed by atoms with Crippen LogP contribution in [0, 0.1) is 5.82 Å². The maximum absolute atomic E-state index is 14.4. The van der Waals surface area contributed by atoms with Crippen LogP contribution in [0.15, 0.2) is 53.6 Å². The molecule has 0 bridgehead atoms. The van der Waals surface area contributed by atoms with Crippen molar-refractivity contribution in [3.8, 4) is 28.3 Å². The Labute approximate surface area is 175 Å². The number of methoxy groups -OCH3 is 1. The highest BCUT2D eigenvalue weighted by Gasteiger charge is 2.18. The van der Waals surface area contributed by atoms with E-state index in [4.69, 9.17) is 16.3 Å². The maximum atomic E-state index is 14.4. The van der Waals surface area contributed by atoms with E-state index in [-0.39, 0.29) is 22.7 Å². The summed E-state index contributed by atoms with van der Waals surface area (Å²) in [4.78, 5) is 16.8. The van der Waals surface area contributed by atoms with Gasteiger partial charge in [0.1, 0.15) is 11.5 Å². The van der Waals surface area contributed by atoms with Crippen LogP contribution in [0.5, 0.6) is 5.88 Å². The molecule has 1 aromatic carbocycles. The van der Waals surface area contributed by atoms with E-state index < -0.39 is 5.82 Å². The second-order valence-electron chi connectivity index (χ2n) is 6.46. The summed E-state index contributed by atoms with van der Waals surface area (Å²) in [5.41, 5.74) is 2.13. The molecule has 0 spiro atoms. The van der Waals surface area contributed by atoms with Crippen molar-refractivity contribution in [2.45, 2.75) is 6.54 Å². The van der Waals surface area contributed by atoms with Crippen LogP contribution in [0.4, 0.5) is 4.39 Å². The van der Waals surface area contributed by atoms with Crippen molar-refractivity contribution in [3.63, 3.8) is 0 Å². The molecule has 0 atom stereocenters. The minimum atomic E-state index is -0.521. The fourth-order valence-electron chi connectivity index (χ4n) is 2.97. The lowest BCUT2D eigenvalue weighted by atomic mass is 10.1. The summed E-state index contributed by atoms with van der Waals surface area (Å²) in [6.45, 7) is 0.0703. The van der Waals surface area contributed by atoms with E-state index in [1.54, 1.807) is 37.6 Å². The molecule has 4 rings (SSSR count). The van der Waals surface area contributed by atoms with E-state index in [2.05, 4.69) is 20.4 Å². The molecule has 10 heteroatoms.